The first-order valence-electron chi connectivity index (χ1n) is 5.07. The van der Waals surface area contributed by atoms with Gasteiger partial charge in [-0.25, -0.2) is 9.59 Å². The Morgan fingerprint density at radius 1 is 1.44 bits per heavy atom. The summed E-state index contributed by atoms with van der Waals surface area (Å²) in [5, 5.41) is 11.6. The molecule has 16 heavy (non-hydrogen) atoms. The third kappa shape index (κ3) is 3.30. The molecular weight excluding hydrogens is 230 g/mol. The van der Waals surface area contributed by atoms with Crippen LogP contribution in [0.1, 0.15) is 27.2 Å². The molecule has 0 aliphatic carbocycles. The minimum absolute atomic E-state index is 0.390. The van der Waals surface area contributed by atoms with Crippen molar-refractivity contribution in [2.24, 2.45) is 0 Å². The minimum Gasteiger partial charge on any atom is -0.479 e. The van der Waals surface area contributed by atoms with Gasteiger partial charge in [-0.1, -0.05) is 0 Å². The first-order chi connectivity index (χ1) is 7.25. The molecule has 1 aliphatic heterocycles. The first-order valence-corrected chi connectivity index (χ1v) is 6.23. The van der Waals surface area contributed by atoms with Crippen molar-refractivity contribution < 1.29 is 19.4 Å². The van der Waals surface area contributed by atoms with Gasteiger partial charge in [0.2, 0.25) is 0 Å². The second kappa shape index (κ2) is 4.53. The molecule has 1 amide bonds. The van der Waals surface area contributed by atoms with Crippen molar-refractivity contribution in [1.29, 1.82) is 0 Å². The lowest BCUT2D eigenvalue weighted by Crippen LogP contribution is -2.55. The third-order valence-corrected chi connectivity index (χ3v) is 3.36. The fourth-order valence-electron chi connectivity index (χ4n) is 1.38. The van der Waals surface area contributed by atoms with Crippen LogP contribution in [0.25, 0.3) is 0 Å². The van der Waals surface area contributed by atoms with Gasteiger partial charge in [0.25, 0.3) is 0 Å². The second-order valence-corrected chi connectivity index (χ2v) is 5.92. The molecule has 0 saturated carbocycles. The number of hydrogen-bond acceptors (Lipinski definition) is 4. The SMILES string of the molecule is CC(C)(C)OC(=O)NC1(C(=O)O)CCSC1. The average molecular weight is 247 g/mol. The van der Waals surface area contributed by atoms with E-state index in [9.17, 15) is 9.59 Å². The Balaban J connectivity index is 2.63. The first kappa shape index (κ1) is 13.2. The Kier molecular flexibility index (Phi) is 3.72. The standard InChI is InChI=1S/C10H17NO4S/c1-9(2,3)15-8(14)11-10(7(12)13)4-5-16-6-10/h4-6H2,1-3H3,(H,11,14)(H,12,13). The Morgan fingerprint density at radius 3 is 2.44 bits per heavy atom. The maximum Gasteiger partial charge on any atom is 0.408 e. The van der Waals surface area contributed by atoms with E-state index in [-0.39, 0.29) is 0 Å². The number of carbonyl (C=O) groups is 2. The summed E-state index contributed by atoms with van der Waals surface area (Å²) in [6.45, 7) is 5.22. The van der Waals surface area contributed by atoms with Gasteiger partial charge in [-0.15, -0.1) is 0 Å². The second-order valence-electron chi connectivity index (χ2n) is 4.82. The number of thioether (sulfide) groups is 1. The summed E-state index contributed by atoms with van der Waals surface area (Å²) in [4.78, 5) is 22.7. The van der Waals surface area contributed by atoms with Crippen LogP contribution in [0.15, 0.2) is 0 Å². The molecule has 1 aliphatic rings. The van der Waals surface area contributed by atoms with Crippen LogP contribution in [0, 0.1) is 0 Å². The average Bonchev–Trinajstić information content (AvgIpc) is 2.49. The van der Waals surface area contributed by atoms with Gasteiger partial charge < -0.3 is 15.2 Å². The molecule has 1 rings (SSSR count). The Labute approximate surface area is 98.9 Å². The summed E-state index contributed by atoms with van der Waals surface area (Å²) >= 11 is 1.52. The molecule has 1 heterocycles. The van der Waals surface area contributed by atoms with Crippen molar-refractivity contribution in [3.63, 3.8) is 0 Å². The normalized spacial score (nSPS) is 25.2. The molecule has 1 saturated heterocycles. The molecular formula is C10H17NO4S. The number of carboxylic acid groups (broad SMARTS) is 1. The number of hydrogen-bond donors (Lipinski definition) is 2. The highest BCUT2D eigenvalue weighted by molar-refractivity contribution is 7.99. The highest BCUT2D eigenvalue weighted by Gasteiger charge is 2.44. The van der Waals surface area contributed by atoms with Crippen LogP contribution in [0.5, 0.6) is 0 Å². The Morgan fingerprint density at radius 2 is 2.06 bits per heavy atom. The van der Waals surface area contributed by atoms with Crippen LogP contribution < -0.4 is 5.32 Å². The van der Waals surface area contributed by atoms with E-state index < -0.39 is 23.2 Å². The number of amides is 1. The lowest BCUT2D eigenvalue weighted by Gasteiger charge is -2.27. The van der Waals surface area contributed by atoms with Crippen molar-refractivity contribution >= 4 is 23.8 Å². The number of ether oxygens (including phenoxy) is 1. The zero-order valence-electron chi connectivity index (χ0n) is 9.70. The van der Waals surface area contributed by atoms with E-state index >= 15 is 0 Å². The lowest BCUT2D eigenvalue weighted by molar-refractivity contribution is -0.143. The molecule has 1 atom stereocenters. The molecule has 1 unspecified atom stereocenters. The zero-order chi connectivity index (χ0) is 12.4. The number of alkyl carbamates (subject to hydrolysis) is 1. The van der Waals surface area contributed by atoms with E-state index in [4.69, 9.17) is 9.84 Å². The van der Waals surface area contributed by atoms with Crippen LogP contribution in [0.3, 0.4) is 0 Å². The summed E-state index contributed by atoms with van der Waals surface area (Å²) in [6.07, 6.45) is -0.232. The molecule has 1 fully saturated rings. The summed E-state index contributed by atoms with van der Waals surface area (Å²) in [7, 11) is 0. The number of rotatable bonds is 2. The fraction of sp³-hybridized carbons (Fsp3) is 0.800. The minimum atomic E-state index is -1.16. The number of carbonyl (C=O) groups excluding carboxylic acids is 1. The van der Waals surface area contributed by atoms with E-state index in [0.717, 1.165) is 5.75 Å². The number of aliphatic carboxylic acids is 1. The van der Waals surface area contributed by atoms with Crippen LogP contribution >= 0.6 is 11.8 Å². The quantitative estimate of drug-likeness (QED) is 0.773. The summed E-state index contributed by atoms with van der Waals surface area (Å²) < 4.78 is 5.05. The highest BCUT2D eigenvalue weighted by Crippen LogP contribution is 2.28. The molecule has 0 aromatic rings. The van der Waals surface area contributed by atoms with E-state index in [1.807, 2.05) is 0 Å². The Bertz CT molecular complexity index is 292. The maximum absolute atomic E-state index is 11.5. The van der Waals surface area contributed by atoms with Gasteiger partial charge >= 0.3 is 12.1 Å². The largest absolute Gasteiger partial charge is 0.479 e. The number of nitrogens with one attached hydrogen (secondary N) is 1. The summed E-state index contributed by atoms with van der Waals surface area (Å²) in [6, 6.07) is 0. The third-order valence-electron chi connectivity index (χ3n) is 2.17. The molecule has 5 nitrogen and oxygen atoms in total. The van der Waals surface area contributed by atoms with Gasteiger partial charge in [0, 0.05) is 5.75 Å². The van der Waals surface area contributed by atoms with Crippen LogP contribution in [0.4, 0.5) is 4.79 Å². The van der Waals surface area contributed by atoms with E-state index in [1.54, 1.807) is 20.8 Å². The molecule has 0 aromatic carbocycles. The van der Waals surface area contributed by atoms with Crippen LogP contribution in [-0.4, -0.2) is 39.8 Å². The van der Waals surface area contributed by atoms with Gasteiger partial charge in [-0.3, -0.25) is 0 Å². The Hall–Kier alpha value is -0.910. The van der Waals surface area contributed by atoms with Gasteiger partial charge in [-0.05, 0) is 32.9 Å². The zero-order valence-corrected chi connectivity index (χ0v) is 10.5. The van der Waals surface area contributed by atoms with Gasteiger partial charge in [0.1, 0.15) is 5.60 Å². The molecule has 2 N–H and O–H groups in total. The van der Waals surface area contributed by atoms with E-state index in [2.05, 4.69) is 5.32 Å². The van der Waals surface area contributed by atoms with Crippen molar-refractivity contribution in [1.82, 2.24) is 5.32 Å². The molecule has 0 aromatic heterocycles. The molecule has 92 valence electrons. The van der Waals surface area contributed by atoms with Crippen molar-refractivity contribution in [3.05, 3.63) is 0 Å². The number of carboxylic acids is 1. The van der Waals surface area contributed by atoms with Gasteiger partial charge in [0.15, 0.2) is 5.54 Å². The maximum atomic E-state index is 11.5. The smallest absolute Gasteiger partial charge is 0.408 e. The van der Waals surface area contributed by atoms with Crippen LogP contribution in [0.2, 0.25) is 0 Å². The molecule has 0 spiro atoms. The van der Waals surface area contributed by atoms with Crippen LogP contribution in [-0.2, 0) is 9.53 Å². The fourth-order valence-corrected chi connectivity index (χ4v) is 2.71. The molecule has 0 bridgehead atoms. The summed E-state index contributed by atoms with van der Waals surface area (Å²) in [5.41, 5.74) is -1.78. The highest BCUT2D eigenvalue weighted by atomic mass is 32.2. The molecule has 6 heteroatoms. The predicted octanol–water partition coefficient (Wildman–Crippen LogP) is 1.47. The molecule has 0 radical (unpaired) electrons. The van der Waals surface area contributed by atoms with Gasteiger partial charge in [-0.2, -0.15) is 11.8 Å². The predicted molar refractivity (Wildman–Crippen MR) is 61.7 cm³/mol. The van der Waals surface area contributed by atoms with E-state index in [0.29, 0.717) is 12.2 Å². The monoisotopic (exact) mass is 247 g/mol. The van der Waals surface area contributed by atoms with E-state index in [1.165, 1.54) is 11.8 Å². The topological polar surface area (TPSA) is 75.6 Å². The van der Waals surface area contributed by atoms with Crippen molar-refractivity contribution in [2.45, 2.75) is 38.3 Å². The van der Waals surface area contributed by atoms with Crippen molar-refractivity contribution in [3.8, 4) is 0 Å². The van der Waals surface area contributed by atoms with Gasteiger partial charge in [0.05, 0.1) is 0 Å². The summed E-state index contributed by atoms with van der Waals surface area (Å²) in [5.74, 6) is 0.132. The lowest BCUT2D eigenvalue weighted by atomic mass is 10.00. The van der Waals surface area contributed by atoms with Crippen molar-refractivity contribution in [2.75, 3.05) is 11.5 Å².